The molecule has 0 atom stereocenters. The topological polar surface area (TPSA) is 51.2 Å². The van der Waals surface area contributed by atoms with Gasteiger partial charge >= 0.3 is 5.97 Å². The molecular weight excluding hydrogens is 309 g/mol. The molecule has 0 fully saturated rings. The number of nitrogens with zero attached hydrogens (tertiary/aromatic N) is 1. The zero-order valence-corrected chi connectivity index (χ0v) is 11.3. The number of nitrogens with one attached hydrogen (secondary N) is 1. The highest BCUT2D eigenvalue weighted by Crippen LogP contribution is 2.26. The van der Waals surface area contributed by atoms with Gasteiger partial charge in [0.1, 0.15) is 34.0 Å². The summed E-state index contributed by atoms with van der Waals surface area (Å²) in [5.41, 5.74) is -0.735. The average molecular weight is 317 g/mol. The molecule has 0 spiro atoms. The van der Waals surface area contributed by atoms with Crippen molar-refractivity contribution in [3.8, 4) is 0 Å². The number of ether oxygens (including phenoxy) is 1. The summed E-state index contributed by atoms with van der Waals surface area (Å²) in [5.74, 6) is -4.05. The molecule has 1 heterocycles. The Morgan fingerprint density at radius 1 is 1.24 bits per heavy atom. The average Bonchev–Trinajstić information content (AvgIpc) is 2.40. The van der Waals surface area contributed by atoms with Crippen LogP contribution in [0, 0.1) is 17.5 Å². The molecule has 1 aromatic heterocycles. The first kappa shape index (κ1) is 15.1. The molecule has 110 valence electrons. The van der Waals surface area contributed by atoms with E-state index in [1.165, 1.54) is 0 Å². The fourth-order valence-electron chi connectivity index (χ4n) is 1.59. The highest BCUT2D eigenvalue weighted by Gasteiger charge is 2.21. The Morgan fingerprint density at radius 3 is 2.57 bits per heavy atom. The number of hydrogen-bond donors (Lipinski definition) is 1. The zero-order valence-electron chi connectivity index (χ0n) is 10.6. The van der Waals surface area contributed by atoms with E-state index in [0.29, 0.717) is 6.07 Å². The Bertz CT molecular complexity index is 710. The van der Waals surface area contributed by atoms with E-state index >= 15 is 0 Å². The van der Waals surface area contributed by atoms with E-state index < -0.39 is 29.0 Å². The standard InChI is InChI=1S/C13H8ClF3N2O2/c1-21-13(20)11-8(17)5-10(14)19-12(11)18-9-3-2-6(15)4-7(9)16/h2-5H,1H3,(H,18,19). The van der Waals surface area contributed by atoms with E-state index in [4.69, 9.17) is 11.6 Å². The molecule has 4 nitrogen and oxygen atoms in total. The van der Waals surface area contributed by atoms with Gasteiger partial charge in [-0.1, -0.05) is 11.6 Å². The molecule has 8 heteroatoms. The predicted molar refractivity (Wildman–Crippen MR) is 70.2 cm³/mol. The highest BCUT2D eigenvalue weighted by atomic mass is 35.5. The largest absolute Gasteiger partial charge is 0.465 e. The number of rotatable bonds is 3. The molecule has 1 N–H and O–H groups in total. The number of pyridine rings is 1. The molecule has 0 aliphatic heterocycles. The van der Waals surface area contributed by atoms with Crippen molar-refractivity contribution in [2.24, 2.45) is 0 Å². The minimum atomic E-state index is -1.01. The van der Waals surface area contributed by atoms with Crippen LogP contribution >= 0.6 is 11.6 Å². The molecule has 0 aliphatic rings. The van der Waals surface area contributed by atoms with Gasteiger partial charge < -0.3 is 10.1 Å². The number of hydrogen-bond acceptors (Lipinski definition) is 4. The number of methoxy groups -OCH3 is 1. The fraction of sp³-hybridized carbons (Fsp3) is 0.0769. The van der Waals surface area contributed by atoms with Crippen molar-refractivity contribution >= 4 is 29.1 Å². The zero-order chi connectivity index (χ0) is 15.6. The van der Waals surface area contributed by atoms with E-state index in [2.05, 4.69) is 15.0 Å². The van der Waals surface area contributed by atoms with Gasteiger partial charge in [-0.2, -0.15) is 0 Å². The van der Waals surface area contributed by atoms with Gasteiger partial charge in [0.2, 0.25) is 0 Å². The molecule has 21 heavy (non-hydrogen) atoms. The minimum Gasteiger partial charge on any atom is -0.465 e. The number of anilines is 2. The third-order valence-electron chi connectivity index (χ3n) is 2.51. The third-order valence-corrected chi connectivity index (χ3v) is 2.71. The van der Waals surface area contributed by atoms with Gasteiger partial charge in [0.15, 0.2) is 0 Å². The van der Waals surface area contributed by atoms with Crippen LogP contribution in [0.5, 0.6) is 0 Å². The van der Waals surface area contributed by atoms with E-state index in [-0.39, 0.29) is 16.7 Å². The summed E-state index contributed by atoms with van der Waals surface area (Å²) in [6.45, 7) is 0. The monoisotopic (exact) mass is 316 g/mol. The second-order valence-corrected chi connectivity index (χ2v) is 4.28. The van der Waals surface area contributed by atoms with Gasteiger partial charge in [-0.15, -0.1) is 0 Å². The molecule has 0 radical (unpaired) electrons. The summed E-state index contributed by atoms with van der Waals surface area (Å²) in [6.07, 6.45) is 0. The minimum absolute atomic E-state index is 0.198. The molecule has 0 aliphatic carbocycles. The molecule has 0 amide bonds. The summed E-state index contributed by atoms with van der Waals surface area (Å²) < 4.78 is 44.6. The lowest BCUT2D eigenvalue weighted by molar-refractivity contribution is 0.0596. The maximum absolute atomic E-state index is 13.8. The van der Waals surface area contributed by atoms with Crippen LogP contribution in [0.1, 0.15) is 10.4 Å². The first-order chi connectivity index (χ1) is 9.92. The molecule has 1 aromatic carbocycles. The number of carbonyl (C=O) groups excluding carboxylic acids is 1. The summed E-state index contributed by atoms with van der Waals surface area (Å²) >= 11 is 5.60. The maximum atomic E-state index is 13.8. The number of aromatic nitrogens is 1. The van der Waals surface area contributed by atoms with Gasteiger partial charge in [-0.25, -0.2) is 22.9 Å². The summed E-state index contributed by atoms with van der Waals surface area (Å²) in [6, 6.07) is 3.51. The lowest BCUT2D eigenvalue weighted by atomic mass is 10.2. The number of benzene rings is 1. The molecule has 0 saturated carbocycles. The molecule has 0 bridgehead atoms. The smallest absolute Gasteiger partial charge is 0.344 e. The Labute approximate surface area is 122 Å². The van der Waals surface area contributed by atoms with E-state index in [1.807, 2.05) is 0 Å². The first-order valence-corrected chi connectivity index (χ1v) is 5.96. The predicted octanol–water partition coefficient (Wildman–Crippen LogP) is 3.68. The maximum Gasteiger partial charge on any atom is 0.344 e. The van der Waals surface area contributed by atoms with Crippen molar-refractivity contribution in [3.05, 3.63) is 52.4 Å². The Morgan fingerprint density at radius 2 is 1.95 bits per heavy atom. The van der Waals surface area contributed by atoms with Gasteiger partial charge in [-0.3, -0.25) is 0 Å². The highest BCUT2D eigenvalue weighted by molar-refractivity contribution is 6.29. The number of esters is 1. The number of halogens is 4. The normalized spacial score (nSPS) is 10.3. The van der Waals surface area contributed by atoms with Crippen LogP contribution in [0.4, 0.5) is 24.7 Å². The van der Waals surface area contributed by atoms with Gasteiger partial charge in [0.25, 0.3) is 0 Å². The van der Waals surface area contributed by atoms with Crippen LogP contribution in [-0.4, -0.2) is 18.1 Å². The van der Waals surface area contributed by atoms with E-state index in [9.17, 15) is 18.0 Å². The molecule has 2 aromatic rings. The van der Waals surface area contributed by atoms with Crippen LogP contribution in [0.25, 0.3) is 0 Å². The lowest BCUT2D eigenvalue weighted by Crippen LogP contribution is -2.11. The first-order valence-electron chi connectivity index (χ1n) is 5.59. The quantitative estimate of drug-likeness (QED) is 0.693. The lowest BCUT2D eigenvalue weighted by Gasteiger charge is -2.11. The molecule has 0 saturated heterocycles. The van der Waals surface area contributed by atoms with Crippen LogP contribution < -0.4 is 5.32 Å². The van der Waals surface area contributed by atoms with Crippen LogP contribution in [-0.2, 0) is 4.74 Å². The van der Waals surface area contributed by atoms with Crippen molar-refractivity contribution in [3.63, 3.8) is 0 Å². The second kappa shape index (κ2) is 6.01. The van der Waals surface area contributed by atoms with Gasteiger partial charge in [-0.05, 0) is 12.1 Å². The summed E-state index contributed by atoms with van der Waals surface area (Å²) in [7, 11) is 1.05. The molecule has 2 rings (SSSR count). The van der Waals surface area contributed by atoms with Gasteiger partial charge in [0.05, 0.1) is 12.8 Å². The van der Waals surface area contributed by atoms with E-state index in [1.54, 1.807) is 0 Å². The van der Waals surface area contributed by atoms with Crippen LogP contribution in [0.3, 0.4) is 0 Å². The van der Waals surface area contributed by atoms with Crippen LogP contribution in [0.2, 0.25) is 5.15 Å². The molecular formula is C13H8ClF3N2O2. The van der Waals surface area contributed by atoms with Crippen molar-refractivity contribution in [2.75, 3.05) is 12.4 Å². The van der Waals surface area contributed by atoms with Crippen LogP contribution in [0.15, 0.2) is 24.3 Å². The van der Waals surface area contributed by atoms with Crippen molar-refractivity contribution in [1.82, 2.24) is 4.98 Å². The fourth-order valence-corrected chi connectivity index (χ4v) is 1.77. The van der Waals surface area contributed by atoms with Gasteiger partial charge in [0, 0.05) is 12.1 Å². The number of carbonyl (C=O) groups is 1. The summed E-state index contributed by atoms with van der Waals surface area (Å²) in [4.78, 5) is 15.3. The Balaban J connectivity index is 2.50. The SMILES string of the molecule is COC(=O)c1c(F)cc(Cl)nc1Nc1ccc(F)cc1F. The Hall–Kier alpha value is -2.28. The summed E-state index contributed by atoms with van der Waals surface area (Å²) in [5, 5.41) is 2.14. The van der Waals surface area contributed by atoms with Crippen molar-refractivity contribution in [2.45, 2.75) is 0 Å². The van der Waals surface area contributed by atoms with Crippen molar-refractivity contribution < 1.29 is 22.7 Å². The Kier molecular flexibility index (Phi) is 4.32. The second-order valence-electron chi connectivity index (χ2n) is 3.89. The molecule has 0 unspecified atom stereocenters. The van der Waals surface area contributed by atoms with E-state index in [0.717, 1.165) is 25.3 Å². The van der Waals surface area contributed by atoms with Crippen molar-refractivity contribution in [1.29, 1.82) is 0 Å². The third kappa shape index (κ3) is 3.25.